The minimum Gasteiger partial charge on any atom is -0.425 e. The average Bonchev–Trinajstić information content (AvgIpc) is 3.07. The van der Waals surface area contributed by atoms with Gasteiger partial charge in [0.2, 0.25) is 0 Å². The summed E-state index contributed by atoms with van der Waals surface area (Å²) in [5, 5.41) is 0. The smallest absolute Gasteiger partial charge is 0.340 e. The molecule has 0 bridgehead atoms. The summed E-state index contributed by atoms with van der Waals surface area (Å²) in [4.78, 5) is 24.1. The number of ether oxygens (including phenoxy) is 3. The van der Waals surface area contributed by atoms with Crippen molar-refractivity contribution in [3.8, 4) is 11.5 Å². The van der Waals surface area contributed by atoms with Crippen LogP contribution in [0.4, 0.5) is 0 Å². The molecule has 0 saturated carbocycles. The number of carbonyl (C=O) groups excluding carboxylic acids is 2. The molecular weight excluding hydrogens is 296 g/mol. The predicted octanol–water partition coefficient (Wildman–Crippen LogP) is 2.75. The van der Waals surface area contributed by atoms with Gasteiger partial charge < -0.3 is 14.2 Å². The minimum absolute atomic E-state index is 0.431. The summed E-state index contributed by atoms with van der Waals surface area (Å²) in [5.74, 6) is -0.0785. The summed E-state index contributed by atoms with van der Waals surface area (Å²) >= 11 is 0. The Kier molecular flexibility index (Phi) is 4.68. The largest absolute Gasteiger partial charge is 0.425 e. The normalized spacial score (nSPS) is 20.0. The fourth-order valence-corrected chi connectivity index (χ4v) is 2.32. The molecule has 1 aliphatic rings. The molecule has 0 aromatic heterocycles. The maximum atomic E-state index is 12.0. The summed E-state index contributed by atoms with van der Waals surface area (Å²) in [6.07, 6.45) is -0.632. The Labute approximate surface area is 133 Å². The Balaban J connectivity index is 1.53. The van der Waals surface area contributed by atoms with E-state index in [1.54, 1.807) is 48.5 Å². The van der Waals surface area contributed by atoms with Gasteiger partial charge >= 0.3 is 11.9 Å². The second-order valence-corrected chi connectivity index (χ2v) is 5.16. The average molecular weight is 312 g/mol. The van der Waals surface area contributed by atoms with E-state index < -0.39 is 24.1 Å². The van der Waals surface area contributed by atoms with Gasteiger partial charge in [0.05, 0.1) is 0 Å². The molecule has 1 heterocycles. The van der Waals surface area contributed by atoms with Gasteiger partial charge in [-0.15, -0.1) is 0 Å². The first-order chi connectivity index (χ1) is 11.2. The number of benzene rings is 2. The summed E-state index contributed by atoms with van der Waals surface area (Å²) in [6, 6.07) is 17.5. The van der Waals surface area contributed by atoms with Gasteiger partial charge in [-0.1, -0.05) is 36.4 Å². The van der Waals surface area contributed by atoms with Crippen molar-refractivity contribution in [3.05, 3.63) is 60.7 Å². The zero-order chi connectivity index (χ0) is 16.1. The molecule has 2 unspecified atom stereocenters. The second-order valence-electron chi connectivity index (χ2n) is 5.16. The van der Waals surface area contributed by atoms with E-state index in [9.17, 15) is 9.59 Å². The molecule has 2 atom stereocenters. The van der Waals surface area contributed by atoms with E-state index in [4.69, 9.17) is 14.2 Å². The Morgan fingerprint density at radius 1 is 0.739 bits per heavy atom. The molecule has 0 aliphatic carbocycles. The number of rotatable bonds is 4. The van der Waals surface area contributed by atoms with Gasteiger partial charge in [-0.25, -0.2) is 9.59 Å². The molecule has 0 spiro atoms. The fraction of sp³-hybridized carbons (Fsp3) is 0.222. The van der Waals surface area contributed by atoms with Gasteiger partial charge in [0.25, 0.3) is 0 Å². The first-order valence-corrected chi connectivity index (χ1v) is 7.41. The molecule has 1 saturated heterocycles. The molecule has 118 valence electrons. The van der Waals surface area contributed by atoms with Gasteiger partial charge in [-0.3, -0.25) is 0 Å². The molecule has 0 amide bonds. The topological polar surface area (TPSA) is 61.8 Å². The van der Waals surface area contributed by atoms with Crippen LogP contribution in [0.1, 0.15) is 12.8 Å². The Morgan fingerprint density at radius 2 is 1.13 bits per heavy atom. The number of carbonyl (C=O) groups is 2. The lowest BCUT2D eigenvalue weighted by Crippen LogP contribution is -2.30. The van der Waals surface area contributed by atoms with Crippen molar-refractivity contribution in [2.75, 3.05) is 0 Å². The van der Waals surface area contributed by atoms with Crippen LogP contribution in [-0.4, -0.2) is 24.1 Å². The molecule has 5 nitrogen and oxygen atoms in total. The number of esters is 2. The van der Waals surface area contributed by atoms with Crippen LogP contribution in [0.2, 0.25) is 0 Å². The van der Waals surface area contributed by atoms with Crippen molar-refractivity contribution in [1.82, 2.24) is 0 Å². The molecule has 2 aromatic rings. The van der Waals surface area contributed by atoms with E-state index in [0.29, 0.717) is 24.3 Å². The van der Waals surface area contributed by atoms with Crippen molar-refractivity contribution >= 4 is 11.9 Å². The number of hydrogen-bond donors (Lipinski definition) is 0. The number of para-hydroxylation sites is 2. The van der Waals surface area contributed by atoms with Crippen LogP contribution in [0, 0.1) is 0 Å². The van der Waals surface area contributed by atoms with Crippen LogP contribution in [0.25, 0.3) is 0 Å². The quantitative estimate of drug-likeness (QED) is 0.641. The highest BCUT2D eigenvalue weighted by Crippen LogP contribution is 2.23. The maximum absolute atomic E-state index is 12.0. The van der Waals surface area contributed by atoms with Crippen LogP contribution in [0.3, 0.4) is 0 Å². The highest BCUT2D eigenvalue weighted by molar-refractivity contribution is 5.81. The zero-order valence-corrected chi connectivity index (χ0v) is 12.4. The summed E-state index contributed by atoms with van der Waals surface area (Å²) in [5.41, 5.74) is 0. The first kappa shape index (κ1) is 15.2. The molecule has 2 aromatic carbocycles. The standard InChI is InChI=1S/C18H16O5/c19-17(21-13-7-3-1-4-8-13)15-11-12-16(23-15)18(20)22-14-9-5-2-6-10-14/h1-10,15-16H,11-12H2. The highest BCUT2D eigenvalue weighted by Gasteiger charge is 2.37. The van der Waals surface area contributed by atoms with Gasteiger partial charge in [-0.05, 0) is 37.1 Å². The summed E-state index contributed by atoms with van der Waals surface area (Å²) in [6.45, 7) is 0. The maximum Gasteiger partial charge on any atom is 0.340 e. The van der Waals surface area contributed by atoms with Crippen molar-refractivity contribution in [2.45, 2.75) is 25.0 Å². The molecule has 1 aliphatic heterocycles. The van der Waals surface area contributed by atoms with E-state index in [2.05, 4.69) is 0 Å². The molecule has 1 fully saturated rings. The van der Waals surface area contributed by atoms with Gasteiger partial charge in [-0.2, -0.15) is 0 Å². The third-order valence-corrected chi connectivity index (χ3v) is 3.47. The molecule has 0 N–H and O–H groups in total. The van der Waals surface area contributed by atoms with Crippen LogP contribution in [0.15, 0.2) is 60.7 Å². The van der Waals surface area contributed by atoms with Crippen molar-refractivity contribution in [2.24, 2.45) is 0 Å². The third-order valence-electron chi connectivity index (χ3n) is 3.47. The lowest BCUT2D eigenvalue weighted by molar-refractivity contribution is -0.154. The summed E-state index contributed by atoms with van der Waals surface area (Å²) in [7, 11) is 0. The lowest BCUT2D eigenvalue weighted by Gasteiger charge is -2.12. The Hall–Kier alpha value is -2.66. The van der Waals surface area contributed by atoms with E-state index in [1.807, 2.05) is 12.1 Å². The van der Waals surface area contributed by atoms with Gasteiger partial charge in [0.1, 0.15) is 11.5 Å². The summed E-state index contributed by atoms with van der Waals surface area (Å²) < 4.78 is 15.9. The van der Waals surface area contributed by atoms with Crippen LogP contribution in [-0.2, 0) is 14.3 Å². The van der Waals surface area contributed by atoms with Crippen LogP contribution >= 0.6 is 0 Å². The number of hydrogen-bond acceptors (Lipinski definition) is 5. The van der Waals surface area contributed by atoms with E-state index in [-0.39, 0.29) is 0 Å². The van der Waals surface area contributed by atoms with Crippen molar-refractivity contribution < 1.29 is 23.8 Å². The molecule has 0 radical (unpaired) electrons. The second kappa shape index (κ2) is 7.07. The molecule has 5 heteroatoms. The van der Waals surface area contributed by atoms with E-state index >= 15 is 0 Å². The fourth-order valence-electron chi connectivity index (χ4n) is 2.32. The predicted molar refractivity (Wildman–Crippen MR) is 82.0 cm³/mol. The van der Waals surface area contributed by atoms with Crippen molar-refractivity contribution in [3.63, 3.8) is 0 Å². The highest BCUT2D eigenvalue weighted by atomic mass is 16.6. The van der Waals surface area contributed by atoms with Crippen LogP contribution < -0.4 is 9.47 Å². The SMILES string of the molecule is O=C(Oc1ccccc1)C1CCC(C(=O)Oc2ccccc2)O1. The molecule has 23 heavy (non-hydrogen) atoms. The van der Waals surface area contributed by atoms with E-state index in [1.165, 1.54) is 0 Å². The first-order valence-electron chi connectivity index (χ1n) is 7.41. The monoisotopic (exact) mass is 312 g/mol. The minimum atomic E-state index is -0.747. The van der Waals surface area contributed by atoms with Crippen molar-refractivity contribution in [1.29, 1.82) is 0 Å². The lowest BCUT2D eigenvalue weighted by atomic mass is 10.2. The Bertz CT molecular complexity index is 609. The van der Waals surface area contributed by atoms with Gasteiger partial charge in [0, 0.05) is 0 Å². The Morgan fingerprint density at radius 3 is 1.52 bits per heavy atom. The van der Waals surface area contributed by atoms with Crippen LogP contribution in [0.5, 0.6) is 11.5 Å². The van der Waals surface area contributed by atoms with Gasteiger partial charge in [0.15, 0.2) is 12.2 Å². The van der Waals surface area contributed by atoms with E-state index in [0.717, 1.165) is 0 Å². The zero-order valence-electron chi connectivity index (χ0n) is 12.4. The third kappa shape index (κ3) is 3.96. The molecule has 3 rings (SSSR count). The molecular formula is C18H16O5.